The minimum absolute atomic E-state index is 0.0899. The molecular formula is C30H23F3N4O2. The summed E-state index contributed by atoms with van der Waals surface area (Å²) in [6.45, 7) is 2.30. The van der Waals surface area contributed by atoms with Gasteiger partial charge in [0.25, 0.3) is 5.91 Å². The number of carbonyl (C=O) groups excluding carboxylic acids is 1. The molecule has 5 aromatic rings. The summed E-state index contributed by atoms with van der Waals surface area (Å²) in [5, 5.41) is 7.17. The van der Waals surface area contributed by atoms with Crippen molar-refractivity contribution < 1.29 is 22.7 Å². The van der Waals surface area contributed by atoms with Gasteiger partial charge in [-0.25, -0.2) is 4.68 Å². The summed E-state index contributed by atoms with van der Waals surface area (Å²) in [7, 11) is 0. The number of alkyl halides is 3. The van der Waals surface area contributed by atoms with E-state index >= 15 is 0 Å². The summed E-state index contributed by atoms with van der Waals surface area (Å²) < 4.78 is 46.9. The monoisotopic (exact) mass is 528 g/mol. The zero-order chi connectivity index (χ0) is 27.4. The van der Waals surface area contributed by atoms with Gasteiger partial charge in [0.05, 0.1) is 17.4 Å². The molecule has 6 nitrogen and oxygen atoms in total. The second-order valence-electron chi connectivity index (χ2n) is 8.85. The topological polar surface area (TPSA) is 69.0 Å². The predicted molar refractivity (Wildman–Crippen MR) is 142 cm³/mol. The number of aromatic nitrogens is 3. The lowest BCUT2D eigenvalue weighted by Crippen LogP contribution is -2.14. The SMILES string of the molecule is Cc1ccc(NC(=O)c2cccc(C(F)(F)F)c2)cc1-n1cc(-c2cnccc2OCc2ccccc2)cn1. The minimum atomic E-state index is -4.54. The molecule has 0 aliphatic rings. The molecule has 2 aromatic heterocycles. The number of halogens is 3. The summed E-state index contributed by atoms with van der Waals surface area (Å²) in [6, 6.07) is 21.1. The Labute approximate surface area is 222 Å². The van der Waals surface area contributed by atoms with Gasteiger partial charge in [0, 0.05) is 41.0 Å². The number of amides is 1. The van der Waals surface area contributed by atoms with E-state index in [0.717, 1.165) is 34.4 Å². The molecular weight excluding hydrogens is 505 g/mol. The van der Waals surface area contributed by atoms with Crippen LogP contribution in [-0.4, -0.2) is 20.7 Å². The van der Waals surface area contributed by atoms with E-state index in [2.05, 4.69) is 15.4 Å². The molecule has 0 aliphatic carbocycles. The van der Waals surface area contributed by atoms with Gasteiger partial charge in [-0.3, -0.25) is 9.78 Å². The third-order valence-electron chi connectivity index (χ3n) is 6.08. The van der Waals surface area contributed by atoms with E-state index in [0.29, 0.717) is 23.7 Å². The first-order chi connectivity index (χ1) is 18.8. The number of carbonyl (C=O) groups is 1. The lowest BCUT2D eigenvalue weighted by atomic mass is 10.1. The van der Waals surface area contributed by atoms with Crippen LogP contribution < -0.4 is 10.1 Å². The number of hydrogen-bond acceptors (Lipinski definition) is 4. The normalized spacial score (nSPS) is 11.3. The molecule has 0 spiro atoms. The van der Waals surface area contributed by atoms with Gasteiger partial charge < -0.3 is 10.1 Å². The largest absolute Gasteiger partial charge is 0.488 e. The first kappa shape index (κ1) is 25.7. The molecule has 0 radical (unpaired) electrons. The van der Waals surface area contributed by atoms with Crippen LogP contribution in [0.5, 0.6) is 5.75 Å². The molecule has 1 N–H and O–H groups in total. The molecule has 196 valence electrons. The number of hydrogen-bond donors (Lipinski definition) is 1. The number of anilines is 1. The Kier molecular flexibility index (Phi) is 7.14. The quantitative estimate of drug-likeness (QED) is 0.245. The second-order valence-corrected chi connectivity index (χ2v) is 8.85. The number of aryl methyl sites for hydroxylation is 1. The van der Waals surface area contributed by atoms with Crippen LogP contribution in [-0.2, 0) is 12.8 Å². The first-order valence-electron chi connectivity index (χ1n) is 12.0. The van der Waals surface area contributed by atoms with Gasteiger partial charge in [-0.15, -0.1) is 0 Å². The highest BCUT2D eigenvalue weighted by Crippen LogP contribution is 2.31. The van der Waals surface area contributed by atoms with Crippen LogP contribution in [0, 0.1) is 6.92 Å². The fourth-order valence-corrected chi connectivity index (χ4v) is 4.03. The standard InChI is InChI=1S/C30H23F3N4O2/c1-20-10-11-25(36-29(38)22-8-5-9-24(14-22)30(31,32)33)15-27(20)37-18-23(16-35-37)26-17-34-13-12-28(26)39-19-21-6-3-2-4-7-21/h2-18H,19H2,1H3,(H,36,38). The number of nitrogens with zero attached hydrogens (tertiary/aromatic N) is 3. The van der Waals surface area contributed by atoms with Crippen molar-refractivity contribution in [3.8, 4) is 22.6 Å². The summed E-state index contributed by atoms with van der Waals surface area (Å²) in [5.74, 6) is 0.0138. The number of ether oxygens (including phenoxy) is 1. The van der Waals surface area contributed by atoms with Gasteiger partial charge >= 0.3 is 6.18 Å². The van der Waals surface area contributed by atoms with Gasteiger partial charge in [-0.2, -0.15) is 18.3 Å². The Balaban J connectivity index is 1.37. The fraction of sp³-hybridized carbons (Fsp3) is 0.100. The number of nitrogens with one attached hydrogen (secondary N) is 1. The predicted octanol–water partition coefficient (Wildman–Crippen LogP) is 7.09. The van der Waals surface area contributed by atoms with E-state index in [9.17, 15) is 18.0 Å². The maximum absolute atomic E-state index is 13.1. The summed E-state index contributed by atoms with van der Waals surface area (Å²) in [4.78, 5) is 16.9. The van der Waals surface area contributed by atoms with E-state index in [-0.39, 0.29) is 5.56 Å². The van der Waals surface area contributed by atoms with Gasteiger partial charge in [0.2, 0.25) is 0 Å². The van der Waals surface area contributed by atoms with Crippen LogP contribution in [0.4, 0.5) is 18.9 Å². The Morgan fingerprint density at radius 2 is 1.79 bits per heavy atom. The molecule has 1 amide bonds. The van der Waals surface area contributed by atoms with E-state index in [1.165, 1.54) is 12.1 Å². The molecule has 9 heteroatoms. The van der Waals surface area contributed by atoms with E-state index in [4.69, 9.17) is 4.74 Å². The molecule has 0 saturated carbocycles. The van der Waals surface area contributed by atoms with Gasteiger partial charge in [0.1, 0.15) is 12.4 Å². The van der Waals surface area contributed by atoms with Crippen LogP contribution in [0.1, 0.15) is 27.0 Å². The third kappa shape index (κ3) is 5.98. The van der Waals surface area contributed by atoms with E-state index < -0.39 is 17.6 Å². The van der Waals surface area contributed by atoms with E-state index in [1.807, 2.05) is 43.5 Å². The lowest BCUT2D eigenvalue weighted by Gasteiger charge is -2.12. The Morgan fingerprint density at radius 3 is 2.59 bits per heavy atom. The average molecular weight is 529 g/mol. The van der Waals surface area contributed by atoms with Crippen molar-refractivity contribution in [3.05, 3.63) is 126 Å². The smallest absolute Gasteiger partial charge is 0.416 e. The summed E-state index contributed by atoms with van der Waals surface area (Å²) in [5.41, 5.74) is 3.61. The zero-order valence-electron chi connectivity index (χ0n) is 20.8. The molecule has 3 aromatic carbocycles. The highest BCUT2D eigenvalue weighted by molar-refractivity contribution is 6.04. The third-order valence-corrected chi connectivity index (χ3v) is 6.08. The number of rotatable bonds is 7. The van der Waals surface area contributed by atoms with Crippen molar-refractivity contribution in [2.75, 3.05) is 5.32 Å². The van der Waals surface area contributed by atoms with Crippen LogP contribution >= 0.6 is 0 Å². The Bertz CT molecular complexity index is 1610. The van der Waals surface area contributed by atoms with Crippen molar-refractivity contribution in [2.45, 2.75) is 19.7 Å². The van der Waals surface area contributed by atoms with Crippen molar-refractivity contribution >= 4 is 11.6 Å². The number of benzene rings is 3. The van der Waals surface area contributed by atoms with Crippen molar-refractivity contribution in [3.63, 3.8) is 0 Å². The lowest BCUT2D eigenvalue weighted by molar-refractivity contribution is -0.137. The Hall–Kier alpha value is -4.92. The fourth-order valence-electron chi connectivity index (χ4n) is 4.03. The highest BCUT2D eigenvalue weighted by Gasteiger charge is 2.30. The minimum Gasteiger partial charge on any atom is -0.488 e. The number of pyridine rings is 1. The molecule has 0 bridgehead atoms. The maximum atomic E-state index is 13.1. The molecule has 0 unspecified atom stereocenters. The maximum Gasteiger partial charge on any atom is 0.416 e. The van der Waals surface area contributed by atoms with Crippen molar-refractivity contribution in [1.29, 1.82) is 0 Å². The van der Waals surface area contributed by atoms with Crippen molar-refractivity contribution in [2.24, 2.45) is 0 Å². The van der Waals surface area contributed by atoms with Gasteiger partial charge in [-0.05, 0) is 54.4 Å². The molecule has 39 heavy (non-hydrogen) atoms. The van der Waals surface area contributed by atoms with Crippen LogP contribution in [0.25, 0.3) is 16.8 Å². The molecule has 0 saturated heterocycles. The molecule has 0 fully saturated rings. The molecule has 0 aliphatic heterocycles. The van der Waals surface area contributed by atoms with Crippen LogP contribution in [0.3, 0.4) is 0 Å². The molecule has 5 rings (SSSR count). The van der Waals surface area contributed by atoms with Gasteiger partial charge in [0.15, 0.2) is 0 Å². The second kappa shape index (κ2) is 10.8. The van der Waals surface area contributed by atoms with Crippen LogP contribution in [0.15, 0.2) is 104 Å². The average Bonchev–Trinajstić information content (AvgIpc) is 3.43. The zero-order valence-corrected chi connectivity index (χ0v) is 20.8. The summed E-state index contributed by atoms with van der Waals surface area (Å²) in [6.07, 6.45) is 2.36. The van der Waals surface area contributed by atoms with E-state index in [1.54, 1.807) is 47.5 Å². The summed E-state index contributed by atoms with van der Waals surface area (Å²) >= 11 is 0. The Morgan fingerprint density at radius 1 is 0.974 bits per heavy atom. The van der Waals surface area contributed by atoms with Gasteiger partial charge in [-0.1, -0.05) is 42.5 Å². The first-order valence-corrected chi connectivity index (χ1v) is 12.0. The van der Waals surface area contributed by atoms with Crippen molar-refractivity contribution in [1.82, 2.24) is 14.8 Å². The molecule has 2 heterocycles. The van der Waals surface area contributed by atoms with Crippen LogP contribution in [0.2, 0.25) is 0 Å². The molecule has 0 atom stereocenters. The highest BCUT2D eigenvalue weighted by atomic mass is 19.4.